The van der Waals surface area contributed by atoms with Crippen molar-refractivity contribution < 1.29 is 22.7 Å². The first kappa shape index (κ1) is 16.4. The van der Waals surface area contributed by atoms with Crippen molar-refractivity contribution in [3.8, 4) is 0 Å². The minimum absolute atomic E-state index is 0.411. The third-order valence-electron chi connectivity index (χ3n) is 3.42. The summed E-state index contributed by atoms with van der Waals surface area (Å²) in [6.45, 7) is -0.974. The van der Waals surface area contributed by atoms with Gasteiger partial charge in [-0.15, -0.1) is 0 Å². The second kappa shape index (κ2) is 5.70. The van der Waals surface area contributed by atoms with E-state index in [1.165, 1.54) is 12.3 Å². The van der Waals surface area contributed by atoms with Gasteiger partial charge in [-0.05, 0) is 12.1 Å². The van der Waals surface area contributed by atoms with Crippen LogP contribution in [0.25, 0.3) is 0 Å². The minimum atomic E-state index is -3.96. The topological polar surface area (TPSA) is 59.1 Å². The summed E-state index contributed by atoms with van der Waals surface area (Å²) in [6.07, 6.45) is 1.20. The summed E-state index contributed by atoms with van der Waals surface area (Å²) in [5.74, 6) is -6.22. The van der Waals surface area contributed by atoms with E-state index in [-0.39, 0.29) is 0 Å². The Morgan fingerprint density at radius 1 is 1.18 bits per heavy atom. The molecule has 116 valence electrons. The number of nitrogens with two attached hydrogens (primary N) is 1. The summed E-state index contributed by atoms with van der Waals surface area (Å²) in [7, 11) is 1.66. The molecule has 3 N–H and O–H groups in total. The lowest BCUT2D eigenvalue weighted by molar-refractivity contribution is -0.193. The standard InChI is InChI=1S/C14H13BF4N2O/c15-8-1-4-12(21-6-8)14(18,19)13(22,7-20)10-3-2-9(16)5-11(10)17/h1-6,22H,7,15,20H2. The molecule has 0 aliphatic heterocycles. The van der Waals surface area contributed by atoms with Crippen LogP contribution in [0.5, 0.6) is 0 Å². The summed E-state index contributed by atoms with van der Waals surface area (Å²) in [5, 5.41) is 10.3. The van der Waals surface area contributed by atoms with E-state index in [4.69, 9.17) is 5.73 Å². The van der Waals surface area contributed by atoms with Gasteiger partial charge in [-0.1, -0.05) is 17.6 Å². The Labute approximate surface area is 125 Å². The number of hydrogen-bond acceptors (Lipinski definition) is 3. The first-order chi connectivity index (χ1) is 10.2. The van der Waals surface area contributed by atoms with Crippen LogP contribution in [0.3, 0.4) is 0 Å². The second-order valence-corrected chi connectivity index (χ2v) is 4.98. The van der Waals surface area contributed by atoms with Gasteiger partial charge in [0.15, 0.2) is 5.60 Å². The van der Waals surface area contributed by atoms with Crippen LogP contribution in [0.1, 0.15) is 11.3 Å². The summed E-state index contributed by atoms with van der Waals surface area (Å²) in [6, 6.07) is 4.34. The van der Waals surface area contributed by atoms with E-state index in [9.17, 15) is 22.7 Å². The lowest BCUT2D eigenvalue weighted by Gasteiger charge is -2.35. The average molecular weight is 312 g/mol. The van der Waals surface area contributed by atoms with E-state index < -0.39 is 41.0 Å². The van der Waals surface area contributed by atoms with Gasteiger partial charge in [0.05, 0.1) is 0 Å². The average Bonchev–Trinajstić information content (AvgIpc) is 2.46. The van der Waals surface area contributed by atoms with Crippen LogP contribution in [0.4, 0.5) is 17.6 Å². The normalized spacial score (nSPS) is 14.6. The molecular weight excluding hydrogens is 299 g/mol. The second-order valence-electron chi connectivity index (χ2n) is 4.98. The van der Waals surface area contributed by atoms with E-state index in [1.807, 2.05) is 0 Å². The number of nitrogens with zero attached hydrogens (tertiary/aromatic N) is 1. The summed E-state index contributed by atoms with van der Waals surface area (Å²) >= 11 is 0. The van der Waals surface area contributed by atoms with Crippen LogP contribution < -0.4 is 11.2 Å². The molecule has 1 aromatic carbocycles. The number of rotatable bonds is 4. The highest BCUT2D eigenvalue weighted by atomic mass is 19.3. The maximum absolute atomic E-state index is 14.7. The molecule has 0 aliphatic rings. The number of pyridine rings is 1. The zero-order valence-electron chi connectivity index (χ0n) is 11.7. The number of aliphatic hydroxyl groups is 1. The molecular formula is C14H13BF4N2O. The smallest absolute Gasteiger partial charge is 0.323 e. The lowest BCUT2D eigenvalue weighted by Crippen LogP contribution is -2.50. The Kier molecular flexibility index (Phi) is 4.26. The van der Waals surface area contributed by atoms with Gasteiger partial charge < -0.3 is 10.8 Å². The van der Waals surface area contributed by atoms with E-state index in [0.717, 1.165) is 18.2 Å². The molecule has 0 bridgehead atoms. The van der Waals surface area contributed by atoms with E-state index in [1.54, 1.807) is 7.85 Å². The predicted molar refractivity (Wildman–Crippen MR) is 75.6 cm³/mol. The van der Waals surface area contributed by atoms with E-state index >= 15 is 0 Å². The molecule has 0 fully saturated rings. The Bertz CT molecular complexity index is 681. The highest BCUT2D eigenvalue weighted by Crippen LogP contribution is 2.44. The predicted octanol–water partition coefficient (Wildman–Crippen LogP) is 0.557. The van der Waals surface area contributed by atoms with E-state index in [2.05, 4.69) is 4.98 Å². The highest BCUT2D eigenvalue weighted by Gasteiger charge is 2.56. The van der Waals surface area contributed by atoms with Gasteiger partial charge in [0.2, 0.25) is 0 Å². The van der Waals surface area contributed by atoms with Crippen LogP contribution in [-0.2, 0) is 11.5 Å². The molecule has 8 heteroatoms. The van der Waals surface area contributed by atoms with Gasteiger partial charge in [0, 0.05) is 24.4 Å². The number of aromatic nitrogens is 1. The number of halogens is 4. The Hall–Kier alpha value is -1.93. The molecule has 0 amide bonds. The monoisotopic (exact) mass is 312 g/mol. The van der Waals surface area contributed by atoms with E-state index in [0.29, 0.717) is 11.5 Å². The van der Waals surface area contributed by atoms with Crippen molar-refractivity contribution in [2.24, 2.45) is 5.73 Å². The number of hydrogen-bond donors (Lipinski definition) is 2. The van der Waals surface area contributed by atoms with Gasteiger partial charge in [0.25, 0.3) is 0 Å². The molecule has 1 heterocycles. The lowest BCUT2D eigenvalue weighted by atomic mass is 9.84. The summed E-state index contributed by atoms with van der Waals surface area (Å²) < 4.78 is 56.1. The zero-order chi connectivity index (χ0) is 16.5. The van der Waals surface area contributed by atoms with Crippen molar-refractivity contribution in [2.75, 3.05) is 6.54 Å². The molecule has 3 nitrogen and oxygen atoms in total. The Balaban J connectivity index is 2.59. The van der Waals surface area contributed by atoms with Crippen LogP contribution in [-0.4, -0.2) is 24.5 Å². The molecule has 1 unspecified atom stereocenters. The van der Waals surface area contributed by atoms with Crippen molar-refractivity contribution in [2.45, 2.75) is 11.5 Å². The minimum Gasteiger partial charge on any atom is -0.377 e. The third-order valence-corrected chi connectivity index (χ3v) is 3.42. The fourth-order valence-corrected chi connectivity index (χ4v) is 2.10. The molecule has 0 saturated heterocycles. The summed E-state index contributed by atoms with van der Waals surface area (Å²) in [4.78, 5) is 3.57. The number of benzene rings is 1. The molecule has 0 saturated carbocycles. The molecule has 22 heavy (non-hydrogen) atoms. The van der Waals surface area contributed by atoms with Crippen LogP contribution in [0.15, 0.2) is 36.5 Å². The van der Waals surface area contributed by atoms with Gasteiger partial charge in [-0.3, -0.25) is 4.98 Å². The third kappa shape index (κ3) is 2.59. The van der Waals surface area contributed by atoms with Gasteiger partial charge >= 0.3 is 5.92 Å². The van der Waals surface area contributed by atoms with Crippen LogP contribution >= 0.6 is 0 Å². The van der Waals surface area contributed by atoms with Crippen molar-refractivity contribution in [1.29, 1.82) is 0 Å². The van der Waals surface area contributed by atoms with Gasteiger partial charge in [-0.25, -0.2) is 8.78 Å². The van der Waals surface area contributed by atoms with Gasteiger partial charge in [0.1, 0.15) is 25.2 Å². The van der Waals surface area contributed by atoms with Crippen LogP contribution in [0.2, 0.25) is 0 Å². The van der Waals surface area contributed by atoms with Crippen molar-refractivity contribution in [1.82, 2.24) is 4.98 Å². The fraction of sp³-hybridized carbons (Fsp3) is 0.214. The molecule has 0 radical (unpaired) electrons. The Morgan fingerprint density at radius 3 is 2.36 bits per heavy atom. The SMILES string of the molecule is Bc1ccc(C(F)(F)C(O)(CN)c2ccc(F)cc2F)nc1. The van der Waals surface area contributed by atoms with Crippen molar-refractivity contribution in [3.05, 3.63) is 59.4 Å². The largest absolute Gasteiger partial charge is 0.377 e. The first-order valence-electron chi connectivity index (χ1n) is 6.41. The molecule has 1 atom stereocenters. The molecule has 2 aromatic rings. The molecule has 0 aliphatic carbocycles. The zero-order valence-corrected chi connectivity index (χ0v) is 11.7. The highest BCUT2D eigenvalue weighted by molar-refractivity contribution is 6.32. The maximum Gasteiger partial charge on any atom is 0.323 e. The van der Waals surface area contributed by atoms with Crippen LogP contribution in [0, 0.1) is 11.6 Å². The number of alkyl halides is 2. The van der Waals surface area contributed by atoms with Gasteiger partial charge in [-0.2, -0.15) is 8.78 Å². The quantitative estimate of drug-likeness (QED) is 0.640. The van der Waals surface area contributed by atoms with Crippen molar-refractivity contribution >= 4 is 13.3 Å². The first-order valence-corrected chi connectivity index (χ1v) is 6.41. The summed E-state index contributed by atoms with van der Waals surface area (Å²) in [5.41, 5.74) is 1.33. The molecule has 1 aromatic heterocycles. The fourth-order valence-electron chi connectivity index (χ4n) is 2.10. The maximum atomic E-state index is 14.7. The molecule has 0 spiro atoms. The Morgan fingerprint density at radius 2 is 1.86 bits per heavy atom. The van der Waals surface area contributed by atoms with Crippen molar-refractivity contribution in [3.63, 3.8) is 0 Å². The molecule has 2 rings (SSSR count).